The normalized spacial score (nSPS) is 13.4. The molecule has 1 atom stereocenters. The van der Waals surface area contributed by atoms with Crippen LogP contribution in [0.25, 0.3) is 0 Å². The number of rotatable bonds is 5. The molecular formula is C19H20N2O5. The molecule has 0 spiro atoms. The van der Waals surface area contributed by atoms with E-state index < -0.39 is 18.0 Å². The van der Waals surface area contributed by atoms with Crippen LogP contribution < -0.4 is 20.1 Å². The smallest absolute Gasteiger partial charge is 0.328 e. The average Bonchev–Trinajstić information content (AvgIpc) is 2.67. The number of urea groups is 1. The van der Waals surface area contributed by atoms with E-state index in [0.717, 1.165) is 5.56 Å². The van der Waals surface area contributed by atoms with E-state index in [1.54, 1.807) is 18.2 Å². The van der Waals surface area contributed by atoms with Gasteiger partial charge in [0.25, 0.3) is 0 Å². The van der Waals surface area contributed by atoms with Crippen LogP contribution in [-0.2, 0) is 16.0 Å². The Morgan fingerprint density at radius 2 is 1.81 bits per heavy atom. The van der Waals surface area contributed by atoms with Gasteiger partial charge < -0.3 is 24.8 Å². The van der Waals surface area contributed by atoms with Crippen molar-refractivity contribution in [3.05, 3.63) is 54.1 Å². The fourth-order valence-electron chi connectivity index (χ4n) is 2.63. The van der Waals surface area contributed by atoms with Gasteiger partial charge in [0.1, 0.15) is 19.3 Å². The molecule has 0 bridgehead atoms. The number of anilines is 1. The van der Waals surface area contributed by atoms with Crippen molar-refractivity contribution in [3.8, 4) is 11.5 Å². The number of hydrogen-bond donors (Lipinski definition) is 2. The number of amides is 2. The van der Waals surface area contributed by atoms with E-state index in [0.29, 0.717) is 36.8 Å². The van der Waals surface area contributed by atoms with Gasteiger partial charge in [-0.1, -0.05) is 30.3 Å². The summed E-state index contributed by atoms with van der Waals surface area (Å²) in [6.07, 6.45) is 0.335. The van der Waals surface area contributed by atoms with Gasteiger partial charge in [-0.3, -0.25) is 0 Å². The second kappa shape index (κ2) is 8.24. The Hall–Kier alpha value is -3.22. The average molecular weight is 356 g/mol. The lowest BCUT2D eigenvalue weighted by Gasteiger charge is -2.20. The molecule has 136 valence electrons. The lowest BCUT2D eigenvalue weighted by molar-refractivity contribution is -0.142. The van der Waals surface area contributed by atoms with E-state index in [-0.39, 0.29) is 0 Å². The van der Waals surface area contributed by atoms with E-state index in [9.17, 15) is 9.59 Å². The van der Waals surface area contributed by atoms with Gasteiger partial charge in [-0.2, -0.15) is 0 Å². The number of carbonyl (C=O) groups is 2. The maximum atomic E-state index is 12.3. The van der Waals surface area contributed by atoms with Crippen molar-refractivity contribution in [2.45, 2.75) is 12.5 Å². The van der Waals surface area contributed by atoms with Crippen LogP contribution in [0, 0.1) is 0 Å². The van der Waals surface area contributed by atoms with Crippen molar-refractivity contribution in [1.29, 1.82) is 0 Å². The SMILES string of the molecule is COC(=O)C(Cc1ccccc1)NC(=O)Nc1ccc2c(c1)OCCO2. The van der Waals surface area contributed by atoms with E-state index in [1.807, 2.05) is 30.3 Å². The molecule has 0 saturated carbocycles. The van der Waals surface area contributed by atoms with Crippen LogP contribution in [0.2, 0.25) is 0 Å². The topological polar surface area (TPSA) is 85.9 Å². The minimum atomic E-state index is -0.792. The molecule has 0 aromatic heterocycles. The summed E-state index contributed by atoms with van der Waals surface area (Å²) in [5.41, 5.74) is 1.46. The van der Waals surface area contributed by atoms with E-state index >= 15 is 0 Å². The maximum absolute atomic E-state index is 12.3. The number of carbonyl (C=O) groups excluding carboxylic acids is 2. The minimum Gasteiger partial charge on any atom is -0.486 e. The third kappa shape index (κ3) is 4.44. The van der Waals surface area contributed by atoms with Gasteiger partial charge in [-0.25, -0.2) is 9.59 Å². The largest absolute Gasteiger partial charge is 0.486 e. The summed E-state index contributed by atoms with van der Waals surface area (Å²) in [7, 11) is 1.29. The number of ether oxygens (including phenoxy) is 3. The van der Waals surface area contributed by atoms with Crippen LogP contribution in [0.15, 0.2) is 48.5 Å². The van der Waals surface area contributed by atoms with Crippen LogP contribution in [0.3, 0.4) is 0 Å². The Morgan fingerprint density at radius 1 is 1.08 bits per heavy atom. The second-order valence-electron chi connectivity index (χ2n) is 5.72. The molecule has 26 heavy (non-hydrogen) atoms. The molecule has 1 aliphatic heterocycles. The van der Waals surface area contributed by atoms with Gasteiger partial charge in [0.2, 0.25) is 0 Å². The number of nitrogens with one attached hydrogen (secondary N) is 2. The zero-order valence-corrected chi connectivity index (χ0v) is 14.4. The number of methoxy groups -OCH3 is 1. The molecule has 0 radical (unpaired) electrons. The molecule has 2 amide bonds. The zero-order valence-electron chi connectivity index (χ0n) is 14.4. The molecule has 2 aromatic carbocycles. The highest BCUT2D eigenvalue weighted by atomic mass is 16.6. The second-order valence-corrected chi connectivity index (χ2v) is 5.72. The molecular weight excluding hydrogens is 336 g/mol. The third-order valence-corrected chi connectivity index (χ3v) is 3.87. The highest BCUT2D eigenvalue weighted by Gasteiger charge is 2.22. The monoisotopic (exact) mass is 356 g/mol. The molecule has 3 rings (SSSR count). The molecule has 0 saturated heterocycles. The van der Waals surface area contributed by atoms with E-state index in [4.69, 9.17) is 14.2 Å². The molecule has 7 heteroatoms. The lowest BCUT2D eigenvalue weighted by atomic mass is 10.1. The van der Waals surface area contributed by atoms with Crippen molar-refractivity contribution < 1.29 is 23.8 Å². The molecule has 2 N–H and O–H groups in total. The first-order valence-electron chi connectivity index (χ1n) is 8.24. The van der Waals surface area contributed by atoms with Gasteiger partial charge in [-0.05, 0) is 17.7 Å². The van der Waals surface area contributed by atoms with Crippen LogP contribution >= 0.6 is 0 Å². The van der Waals surface area contributed by atoms with Gasteiger partial charge in [0, 0.05) is 18.2 Å². The maximum Gasteiger partial charge on any atom is 0.328 e. The Labute approximate surface area is 151 Å². The lowest BCUT2D eigenvalue weighted by Crippen LogP contribution is -2.45. The Balaban J connectivity index is 1.65. The highest BCUT2D eigenvalue weighted by molar-refractivity contribution is 5.93. The van der Waals surface area contributed by atoms with Gasteiger partial charge in [-0.15, -0.1) is 0 Å². The van der Waals surface area contributed by atoms with Gasteiger partial charge in [0.05, 0.1) is 7.11 Å². The molecule has 2 aromatic rings. The van der Waals surface area contributed by atoms with Crippen molar-refractivity contribution in [2.75, 3.05) is 25.6 Å². The number of fused-ring (bicyclic) bond motifs is 1. The number of esters is 1. The summed E-state index contributed by atoms with van der Waals surface area (Å²) in [5.74, 6) is 0.702. The highest BCUT2D eigenvalue weighted by Crippen LogP contribution is 2.32. The van der Waals surface area contributed by atoms with Crippen molar-refractivity contribution in [3.63, 3.8) is 0 Å². The Kier molecular flexibility index (Phi) is 5.58. The zero-order chi connectivity index (χ0) is 18.4. The van der Waals surface area contributed by atoms with Gasteiger partial charge in [0.15, 0.2) is 11.5 Å². The summed E-state index contributed by atoms with van der Waals surface area (Å²) in [6, 6.07) is 13.2. The van der Waals surface area contributed by atoms with Crippen LogP contribution in [0.4, 0.5) is 10.5 Å². The molecule has 1 heterocycles. The summed E-state index contributed by atoms with van der Waals surface area (Å²) in [4.78, 5) is 24.3. The summed E-state index contributed by atoms with van der Waals surface area (Å²) in [5, 5.41) is 5.34. The number of benzene rings is 2. The Morgan fingerprint density at radius 3 is 2.54 bits per heavy atom. The summed E-state index contributed by atoms with van der Waals surface area (Å²) in [6.45, 7) is 0.963. The van der Waals surface area contributed by atoms with Crippen molar-refractivity contribution in [2.24, 2.45) is 0 Å². The fourth-order valence-corrected chi connectivity index (χ4v) is 2.63. The van der Waals surface area contributed by atoms with Crippen molar-refractivity contribution in [1.82, 2.24) is 5.32 Å². The first-order chi connectivity index (χ1) is 12.7. The summed E-state index contributed by atoms with van der Waals surface area (Å²) >= 11 is 0. The number of hydrogen-bond acceptors (Lipinski definition) is 5. The third-order valence-electron chi connectivity index (χ3n) is 3.87. The van der Waals surface area contributed by atoms with Crippen molar-refractivity contribution >= 4 is 17.7 Å². The van der Waals surface area contributed by atoms with E-state index in [1.165, 1.54) is 7.11 Å². The first-order valence-corrected chi connectivity index (χ1v) is 8.24. The Bertz CT molecular complexity index is 779. The van der Waals surface area contributed by atoms with Crippen LogP contribution in [-0.4, -0.2) is 38.4 Å². The molecule has 1 unspecified atom stereocenters. The van der Waals surface area contributed by atoms with Gasteiger partial charge >= 0.3 is 12.0 Å². The summed E-state index contributed by atoms with van der Waals surface area (Å²) < 4.78 is 15.7. The fraction of sp³-hybridized carbons (Fsp3) is 0.263. The quantitative estimate of drug-likeness (QED) is 0.804. The molecule has 0 aliphatic carbocycles. The molecule has 7 nitrogen and oxygen atoms in total. The van der Waals surface area contributed by atoms with Crippen LogP contribution in [0.1, 0.15) is 5.56 Å². The molecule has 0 fully saturated rings. The minimum absolute atomic E-state index is 0.335. The van der Waals surface area contributed by atoms with Crippen LogP contribution in [0.5, 0.6) is 11.5 Å². The predicted octanol–water partition coefficient (Wildman–Crippen LogP) is 2.36. The molecule has 1 aliphatic rings. The first kappa shape index (κ1) is 17.6. The standard InChI is InChI=1S/C19H20N2O5/c1-24-18(22)15(11-13-5-3-2-4-6-13)21-19(23)20-14-7-8-16-17(12-14)26-10-9-25-16/h2-8,12,15H,9-11H2,1H3,(H2,20,21,23). The predicted molar refractivity (Wildman–Crippen MR) is 95.5 cm³/mol. The van der Waals surface area contributed by atoms with E-state index in [2.05, 4.69) is 10.6 Å².